The van der Waals surface area contributed by atoms with Crippen LogP contribution in [0.4, 0.5) is 0 Å². The summed E-state index contributed by atoms with van der Waals surface area (Å²) < 4.78 is 2.02. The molecule has 2 heterocycles. The Hall–Kier alpha value is -3.97. The minimum absolute atomic E-state index is 0.0297. The molecule has 1 fully saturated rings. The van der Waals surface area contributed by atoms with Crippen LogP contribution in [0.1, 0.15) is 54.4 Å². The van der Waals surface area contributed by atoms with Crippen molar-refractivity contribution in [3.63, 3.8) is 0 Å². The number of amides is 1. The molecule has 5 rings (SSSR count). The Morgan fingerprint density at radius 1 is 1.16 bits per heavy atom. The maximum Gasteiger partial charge on any atom is 0.223 e. The van der Waals surface area contributed by atoms with E-state index in [1.54, 1.807) is 18.7 Å². The predicted molar refractivity (Wildman–Crippen MR) is 145 cm³/mol. The van der Waals surface area contributed by atoms with Crippen LogP contribution < -0.4 is 5.32 Å². The Morgan fingerprint density at radius 3 is 2.54 bits per heavy atom. The zero-order chi connectivity index (χ0) is 25.6. The second-order valence-corrected chi connectivity index (χ2v) is 9.62. The van der Waals surface area contributed by atoms with E-state index in [0.29, 0.717) is 12.5 Å². The molecule has 0 unspecified atom stereocenters. The van der Waals surface area contributed by atoms with Gasteiger partial charge in [0.15, 0.2) is 0 Å². The first-order valence-electron chi connectivity index (χ1n) is 12.9. The van der Waals surface area contributed by atoms with Crippen molar-refractivity contribution in [3.8, 4) is 11.1 Å². The minimum Gasteiger partial charge on any atom is -0.394 e. The van der Waals surface area contributed by atoms with Gasteiger partial charge < -0.3 is 20.0 Å². The standard InChI is InChI=1S/C30H33N5O2/c1-2-29-32-13-14-35(29)28(19-36)12-5-21-3-6-22(7-4-21)23-8-10-24(11-9-23)25-15-26(16-25)30(37)33-18-27-17-31-20-34-27/h3-14,17,20,25-26,28,36H,2,15-16,18-19H2,1H3,(H,31,34)(H,33,37)/b12-5+/t25?,26?,28-/m0/s1. The number of nitrogens with zero attached hydrogens (tertiary/aromatic N) is 3. The van der Waals surface area contributed by atoms with E-state index in [2.05, 4.69) is 75.7 Å². The molecule has 2 aromatic heterocycles. The third-order valence-corrected chi connectivity index (χ3v) is 7.26. The zero-order valence-corrected chi connectivity index (χ0v) is 21.0. The van der Waals surface area contributed by atoms with Crippen LogP contribution in [0.3, 0.4) is 0 Å². The molecule has 1 saturated carbocycles. The first-order chi connectivity index (χ1) is 18.1. The number of imidazole rings is 2. The number of H-pyrrole nitrogens is 1. The molecule has 2 aromatic carbocycles. The number of carbonyl (C=O) groups excluding carboxylic acids is 1. The second-order valence-electron chi connectivity index (χ2n) is 9.62. The van der Waals surface area contributed by atoms with E-state index < -0.39 is 0 Å². The molecule has 0 bridgehead atoms. The number of hydrogen-bond acceptors (Lipinski definition) is 4. The van der Waals surface area contributed by atoms with E-state index in [0.717, 1.165) is 41.9 Å². The average Bonchev–Trinajstić information content (AvgIpc) is 3.60. The highest BCUT2D eigenvalue weighted by molar-refractivity contribution is 5.79. The third kappa shape index (κ3) is 5.73. The number of aliphatic hydroxyl groups is 1. The SMILES string of the molecule is CCc1nccn1[C@@H](/C=C/c1ccc(-c2ccc(C3CC(C(=O)NCc4cnc[nH]4)C3)cc2)cc1)CO. The molecule has 0 spiro atoms. The van der Waals surface area contributed by atoms with Crippen LogP contribution in [0, 0.1) is 5.92 Å². The van der Waals surface area contributed by atoms with Crippen molar-refractivity contribution in [1.82, 2.24) is 24.8 Å². The quantitative estimate of drug-likeness (QED) is 0.292. The topological polar surface area (TPSA) is 95.8 Å². The Kier molecular flexibility index (Phi) is 7.61. The van der Waals surface area contributed by atoms with Crippen molar-refractivity contribution in [3.05, 3.63) is 102 Å². The average molecular weight is 496 g/mol. The number of rotatable bonds is 10. The molecule has 1 amide bonds. The summed E-state index contributed by atoms with van der Waals surface area (Å²) in [6, 6.07) is 17.0. The van der Waals surface area contributed by atoms with Crippen molar-refractivity contribution >= 4 is 12.0 Å². The lowest BCUT2D eigenvalue weighted by Gasteiger charge is -2.34. The molecule has 0 saturated heterocycles. The van der Waals surface area contributed by atoms with Gasteiger partial charge in [-0.1, -0.05) is 67.6 Å². The van der Waals surface area contributed by atoms with Crippen LogP contribution >= 0.6 is 0 Å². The molecule has 1 aliphatic rings. The summed E-state index contributed by atoms with van der Waals surface area (Å²) in [4.78, 5) is 23.7. The highest BCUT2D eigenvalue weighted by atomic mass is 16.3. The lowest BCUT2D eigenvalue weighted by Crippen LogP contribution is -2.37. The van der Waals surface area contributed by atoms with Crippen LogP contribution in [0.15, 0.2) is 79.5 Å². The summed E-state index contributed by atoms with van der Waals surface area (Å²) in [6.45, 7) is 2.59. The number of benzene rings is 2. The summed E-state index contributed by atoms with van der Waals surface area (Å²) in [5.41, 5.74) is 5.63. The highest BCUT2D eigenvalue weighted by Gasteiger charge is 2.35. The van der Waals surface area contributed by atoms with Crippen molar-refractivity contribution in [1.29, 1.82) is 0 Å². The molecular formula is C30H33N5O2. The maximum absolute atomic E-state index is 12.4. The molecule has 3 N–H and O–H groups in total. The van der Waals surface area contributed by atoms with E-state index in [1.807, 2.05) is 22.9 Å². The van der Waals surface area contributed by atoms with Gasteiger partial charge in [0.2, 0.25) is 5.91 Å². The number of hydrogen-bond donors (Lipinski definition) is 3. The summed E-state index contributed by atoms with van der Waals surface area (Å²) in [5.74, 6) is 1.61. The molecular weight excluding hydrogens is 462 g/mol. The van der Waals surface area contributed by atoms with Gasteiger partial charge in [-0.15, -0.1) is 0 Å². The molecule has 4 aromatic rings. The Morgan fingerprint density at radius 2 is 1.89 bits per heavy atom. The van der Waals surface area contributed by atoms with Crippen LogP contribution in [0.5, 0.6) is 0 Å². The van der Waals surface area contributed by atoms with Crippen molar-refractivity contribution in [2.75, 3.05) is 6.61 Å². The normalized spacial score (nSPS) is 18.0. The van der Waals surface area contributed by atoms with Gasteiger partial charge >= 0.3 is 0 Å². The molecule has 7 heteroatoms. The predicted octanol–water partition coefficient (Wildman–Crippen LogP) is 4.89. The fourth-order valence-electron chi connectivity index (χ4n) is 4.93. The summed E-state index contributed by atoms with van der Waals surface area (Å²) in [7, 11) is 0. The van der Waals surface area contributed by atoms with Gasteiger partial charge in [0.05, 0.1) is 31.2 Å². The van der Waals surface area contributed by atoms with Crippen molar-refractivity contribution < 1.29 is 9.90 Å². The molecule has 1 atom stereocenters. The molecule has 0 radical (unpaired) electrons. The van der Waals surface area contributed by atoms with Gasteiger partial charge in [0.25, 0.3) is 0 Å². The first-order valence-corrected chi connectivity index (χ1v) is 12.9. The van der Waals surface area contributed by atoms with E-state index in [-0.39, 0.29) is 24.5 Å². The minimum atomic E-state index is -0.127. The lowest BCUT2D eigenvalue weighted by atomic mass is 9.71. The lowest BCUT2D eigenvalue weighted by molar-refractivity contribution is -0.128. The van der Waals surface area contributed by atoms with Gasteiger partial charge in [-0.2, -0.15) is 0 Å². The Bertz CT molecular complexity index is 1320. The number of aromatic amines is 1. The van der Waals surface area contributed by atoms with Gasteiger partial charge in [-0.25, -0.2) is 9.97 Å². The first kappa shape index (κ1) is 24.7. The number of aromatic nitrogens is 4. The largest absolute Gasteiger partial charge is 0.394 e. The summed E-state index contributed by atoms with van der Waals surface area (Å²) in [5, 5.41) is 12.8. The molecule has 0 aliphatic heterocycles. The fourth-order valence-corrected chi connectivity index (χ4v) is 4.93. The Balaban J connectivity index is 1.14. The number of carbonyl (C=O) groups is 1. The van der Waals surface area contributed by atoms with Gasteiger partial charge in [-0.3, -0.25) is 4.79 Å². The van der Waals surface area contributed by atoms with E-state index >= 15 is 0 Å². The number of aryl methyl sites for hydroxylation is 1. The fraction of sp³-hybridized carbons (Fsp3) is 0.300. The van der Waals surface area contributed by atoms with E-state index in [4.69, 9.17) is 0 Å². The van der Waals surface area contributed by atoms with Gasteiger partial charge in [0, 0.05) is 30.9 Å². The molecule has 7 nitrogen and oxygen atoms in total. The smallest absolute Gasteiger partial charge is 0.223 e. The highest BCUT2D eigenvalue weighted by Crippen LogP contribution is 2.42. The summed E-state index contributed by atoms with van der Waals surface area (Å²) >= 11 is 0. The second kappa shape index (κ2) is 11.4. The summed E-state index contributed by atoms with van der Waals surface area (Å²) in [6.07, 6.45) is 13.7. The third-order valence-electron chi connectivity index (χ3n) is 7.26. The number of aliphatic hydroxyl groups excluding tert-OH is 1. The van der Waals surface area contributed by atoms with E-state index in [1.165, 1.54) is 11.1 Å². The maximum atomic E-state index is 12.4. The van der Waals surface area contributed by atoms with Crippen LogP contribution in [-0.4, -0.2) is 37.1 Å². The van der Waals surface area contributed by atoms with Gasteiger partial charge in [0.1, 0.15) is 5.82 Å². The van der Waals surface area contributed by atoms with E-state index in [9.17, 15) is 9.90 Å². The van der Waals surface area contributed by atoms with Crippen LogP contribution in [0.2, 0.25) is 0 Å². The molecule has 37 heavy (non-hydrogen) atoms. The molecule has 1 aliphatic carbocycles. The van der Waals surface area contributed by atoms with Crippen LogP contribution in [-0.2, 0) is 17.8 Å². The molecule has 190 valence electrons. The Labute approximate surface area is 217 Å². The van der Waals surface area contributed by atoms with Crippen molar-refractivity contribution in [2.24, 2.45) is 5.92 Å². The monoisotopic (exact) mass is 495 g/mol. The zero-order valence-electron chi connectivity index (χ0n) is 21.0. The van der Waals surface area contributed by atoms with Crippen LogP contribution in [0.25, 0.3) is 17.2 Å². The van der Waals surface area contributed by atoms with Gasteiger partial charge in [-0.05, 0) is 41.0 Å². The number of nitrogens with one attached hydrogen (secondary N) is 2. The van der Waals surface area contributed by atoms with Crippen molar-refractivity contribution in [2.45, 2.75) is 44.7 Å².